The number of rotatable bonds is 6. The van der Waals surface area contributed by atoms with Gasteiger partial charge in [-0.3, -0.25) is 0 Å². The molecule has 0 aliphatic heterocycles. The van der Waals surface area contributed by atoms with Crippen LogP contribution in [-0.4, -0.2) is 27.6 Å². The Morgan fingerprint density at radius 1 is 1.47 bits per heavy atom. The summed E-state index contributed by atoms with van der Waals surface area (Å²) in [5.41, 5.74) is 0. The molecule has 0 radical (unpaired) electrons. The molecule has 15 heavy (non-hydrogen) atoms. The summed E-state index contributed by atoms with van der Waals surface area (Å²) in [5.74, 6) is 1.64. The number of thioether (sulfide) groups is 1. The van der Waals surface area contributed by atoms with Gasteiger partial charge in [0.05, 0.1) is 0 Å². The predicted octanol–water partition coefficient (Wildman–Crippen LogP) is 2.70. The standard InChI is InChI=1S/C11H21N3S/c1-9(2)7-13-11-12-5-6-14(11)8-10(3)15-4/h5-6,9-10H,7-8H2,1-4H3,(H,12,13). The molecule has 4 heteroatoms. The Morgan fingerprint density at radius 3 is 2.80 bits per heavy atom. The SMILES string of the molecule is CSC(C)Cn1ccnc1NCC(C)C. The molecule has 0 aromatic carbocycles. The number of hydrogen-bond acceptors (Lipinski definition) is 3. The van der Waals surface area contributed by atoms with Gasteiger partial charge in [-0.15, -0.1) is 0 Å². The average Bonchev–Trinajstić information content (AvgIpc) is 2.62. The third-order valence-electron chi connectivity index (χ3n) is 2.24. The first-order valence-electron chi connectivity index (χ1n) is 5.41. The maximum Gasteiger partial charge on any atom is 0.202 e. The molecule has 0 fully saturated rings. The molecule has 0 saturated heterocycles. The molecule has 0 spiro atoms. The van der Waals surface area contributed by atoms with E-state index in [9.17, 15) is 0 Å². The van der Waals surface area contributed by atoms with Gasteiger partial charge in [-0.2, -0.15) is 11.8 Å². The van der Waals surface area contributed by atoms with Crippen LogP contribution in [0.1, 0.15) is 20.8 Å². The first-order valence-corrected chi connectivity index (χ1v) is 6.70. The van der Waals surface area contributed by atoms with Crippen molar-refractivity contribution in [2.75, 3.05) is 18.1 Å². The summed E-state index contributed by atoms with van der Waals surface area (Å²) < 4.78 is 2.18. The van der Waals surface area contributed by atoms with Crippen LogP contribution in [0.2, 0.25) is 0 Å². The van der Waals surface area contributed by atoms with Crippen molar-refractivity contribution < 1.29 is 0 Å². The number of anilines is 1. The van der Waals surface area contributed by atoms with E-state index in [4.69, 9.17) is 0 Å². The fourth-order valence-electron chi connectivity index (χ4n) is 1.27. The lowest BCUT2D eigenvalue weighted by molar-refractivity contribution is 0.659. The third-order valence-corrected chi connectivity index (χ3v) is 3.19. The minimum absolute atomic E-state index is 0.624. The molecule has 3 nitrogen and oxygen atoms in total. The smallest absolute Gasteiger partial charge is 0.202 e. The normalized spacial score (nSPS) is 13.1. The van der Waals surface area contributed by atoms with Crippen molar-refractivity contribution in [2.24, 2.45) is 5.92 Å². The number of nitrogens with one attached hydrogen (secondary N) is 1. The van der Waals surface area contributed by atoms with Crippen molar-refractivity contribution >= 4 is 17.7 Å². The fraction of sp³-hybridized carbons (Fsp3) is 0.727. The van der Waals surface area contributed by atoms with E-state index in [1.165, 1.54) is 0 Å². The zero-order valence-corrected chi connectivity index (χ0v) is 10.8. The van der Waals surface area contributed by atoms with Crippen LogP contribution < -0.4 is 5.32 Å². The number of aromatic nitrogens is 2. The molecule has 0 aliphatic rings. The van der Waals surface area contributed by atoms with Crippen LogP contribution in [0.15, 0.2) is 12.4 Å². The summed E-state index contributed by atoms with van der Waals surface area (Å²) >= 11 is 1.88. The molecule has 86 valence electrons. The third kappa shape index (κ3) is 4.16. The van der Waals surface area contributed by atoms with Crippen LogP contribution in [0.3, 0.4) is 0 Å². The van der Waals surface area contributed by atoms with Crippen LogP contribution in [0.5, 0.6) is 0 Å². The summed E-state index contributed by atoms with van der Waals surface area (Å²) in [7, 11) is 0. The van der Waals surface area contributed by atoms with Crippen molar-refractivity contribution in [3.8, 4) is 0 Å². The highest BCUT2D eigenvalue weighted by molar-refractivity contribution is 7.99. The predicted molar refractivity (Wildman–Crippen MR) is 68.5 cm³/mol. The Kier molecular flexibility index (Phi) is 5.02. The number of imidazole rings is 1. The van der Waals surface area contributed by atoms with Crippen molar-refractivity contribution in [2.45, 2.75) is 32.6 Å². The van der Waals surface area contributed by atoms with Gasteiger partial charge < -0.3 is 9.88 Å². The lowest BCUT2D eigenvalue weighted by Crippen LogP contribution is -2.15. The van der Waals surface area contributed by atoms with E-state index in [-0.39, 0.29) is 0 Å². The molecule has 0 aliphatic carbocycles. The van der Waals surface area contributed by atoms with E-state index >= 15 is 0 Å². The van der Waals surface area contributed by atoms with E-state index < -0.39 is 0 Å². The zero-order chi connectivity index (χ0) is 11.3. The van der Waals surface area contributed by atoms with Gasteiger partial charge in [0.1, 0.15) is 0 Å². The second kappa shape index (κ2) is 6.05. The molecule has 0 bridgehead atoms. The van der Waals surface area contributed by atoms with Crippen molar-refractivity contribution in [1.82, 2.24) is 9.55 Å². The maximum atomic E-state index is 4.32. The fourth-order valence-corrected chi connectivity index (χ4v) is 1.58. The molecule has 1 rings (SSSR count). The van der Waals surface area contributed by atoms with E-state index in [0.717, 1.165) is 19.0 Å². The second-order valence-electron chi connectivity index (χ2n) is 4.22. The molecular weight excluding hydrogens is 206 g/mol. The Labute approximate surface area is 96.7 Å². The van der Waals surface area contributed by atoms with Crippen LogP contribution >= 0.6 is 11.8 Å². The molecule has 1 aromatic rings. The number of nitrogens with zero attached hydrogens (tertiary/aromatic N) is 2. The second-order valence-corrected chi connectivity index (χ2v) is 5.50. The van der Waals surface area contributed by atoms with Crippen molar-refractivity contribution in [3.05, 3.63) is 12.4 Å². The van der Waals surface area contributed by atoms with Gasteiger partial charge in [0, 0.05) is 30.7 Å². The van der Waals surface area contributed by atoms with E-state index in [0.29, 0.717) is 11.2 Å². The highest BCUT2D eigenvalue weighted by Crippen LogP contribution is 2.12. The van der Waals surface area contributed by atoms with Gasteiger partial charge in [0.2, 0.25) is 5.95 Å². The topological polar surface area (TPSA) is 29.9 Å². The van der Waals surface area contributed by atoms with E-state index in [2.05, 4.69) is 41.9 Å². The molecule has 1 aromatic heterocycles. The minimum atomic E-state index is 0.624. The first-order chi connectivity index (χ1) is 7.13. The quantitative estimate of drug-likeness (QED) is 0.810. The molecule has 1 atom stereocenters. The minimum Gasteiger partial charge on any atom is -0.355 e. The summed E-state index contributed by atoms with van der Waals surface area (Å²) in [5, 5.41) is 3.99. The van der Waals surface area contributed by atoms with Gasteiger partial charge >= 0.3 is 0 Å². The molecule has 1 heterocycles. The van der Waals surface area contributed by atoms with Crippen molar-refractivity contribution in [1.29, 1.82) is 0 Å². The monoisotopic (exact) mass is 227 g/mol. The van der Waals surface area contributed by atoms with E-state index in [1.54, 1.807) is 0 Å². The lowest BCUT2D eigenvalue weighted by Gasteiger charge is -2.14. The first kappa shape index (κ1) is 12.4. The van der Waals surface area contributed by atoms with Gasteiger partial charge in [-0.25, -0.2) is 4.98 Å². The number of hydrogen-bond donors (Lipinski definition) is 1. The van der Waals surface area contributed by atoms with E-state index in [1.807, 2.05) is 24.2 Å². The molecule has 1 unspecified atom stereocenters. The Bertz CT molecular complexity index is 283. The maximum absolute atomic E-state index is 4.32. The Morgan fingerprint density at radius 2 is 2.20 bits per heavy atom. The van der Waals surface area contributed by atoms with Crippen LogP contribution in [0.25, 0.3) is 0 Å². The molecular formula is C11H21N3S. The highest BCUT2D eigenvalue weighted by atomic mass is 32.2. The van der Waals surface area contributed by atoms with Gasteiger partial charge in [0.25, 0.3) is 0 Å². The highest BCUT2D eigenvalue weighted by Gasteiger charge is 2.06. The Balaban J connectivity index is 2.53. The van der Waals surface area contributed by atoms with Gasteiger partial charge in [-0.1, -0.05) is 20.8 Å². The van der Waals surface area contributed by atoms with Gasteiger partial charge in [0.15, 0.2) is 0 Å². The van der Waals surface area contributed by atoms with Crippen LogP contribution in [0.4, 0.5) is 5.95 Å². The summed E-state index contributed by atoms with van der Waals surface area (Å²) in [6.45, 7) is 8.62. The summed E-state index contributed by atoms with van der Waals surface area (Å²) in [4.78, 5) is 4.32. The largest absolute Gasteiger partial charge is 0.355 e. The van der Waals surface area contributed by atoms with Gasteiger partial charge in [-0.05, 0) is 12.2 Å². The molecule has 0 saturated carbocycles. The van der Waals surface area contributed by atoms with Crippen LogP contribution in [0, 0.1) is 5.92 Å². The Hall–Kier alpha value is -0.640. The lowest BCUT2D eigenvalue weighted by atomic mass is 10.2. The molecule has 0 amide bonds. The summed E-state index contributed by atoms with van der Waals surface area (Å²) in [6.07, 6.45) is 6.04. The van der Waals surface area contributed by atoms with Crippen LogP contribution in [-0.2, 0) is 6.54 Å². The summed E-state index contributed by atoms with van der Waals surface area (Å²) in [6, 6.07) is 0. The average molecular weight is 227 g/mol. The van der Waals surface area contributed by atoms with Crippen molar-refractivity contribution in [3.63, 3.8) is 0 Å². The zero-order valence-electron chi connectivity index (χ0n) is 10.0. The molecule has 1 N–H and O–H groups in total.